The van der Waals surface area contributed by atoms with Crippen molar-refractivity contribution in [2.45, 2.75) is 32.8 Å². The topological polar surface area (TPSA) is 35.5 Å². The van der Waals surface area contributed by atoms with Gasteiger partial charge in [0, 0.05) is 29.5 Å². The summed E-state index contributed by atoms with van der Waals surface area (Å²) < 4.78 is 11.9. The molecule has 1 aromatic carbocycles. The number of Topliss-reactive ketones (excluding diaryl/α,β-unsaturated/α-hetero) is 1. The second kappa shape index (κ2) is 5.85. The average Bonchev–Trinajstić information content (AvgIpc) is 2.77. The fourth-order valence-electron chi connectivity index (χ4n) is 2.15. The zero-order chi connectivity index (χ0) is 13.1. The lowest BCUT2D eigenvalue weighted by molar-refractivity contribution is -0.128. The summed E-state index contributed by atoms with van der Waals surface area (Å²) in [4.78, 5) is 12.0. The number of ketones is 1. The van der Waals surface area contributed by atoms with Crippen LogP contribution < -0.4 is 4.74 Å². The third-order valence-corrected chi connectivity index (χ3v) is 3.52. The van der Waals surface area contributed by atoms with Gasteiger partial charge in [-0.05, 0) is 31.5 Å². The molecule has 0 amide bonds. The lowest BCUT2D eigenvalue weighted by Gasteiger charge is -2.12. The molecule has 1 unspecified atom stereocenters. The van der Waals surface area contributed by atoms with E-state index in [2.05, 4.69) is 22.0 Å². The largest absolute Gasteiger partial charge is 0.493 e. The minimum Gasteiger partial charge on any atom is -0.493 e. The highest BCUT2D eigenvalue weighted by Gasteiger charge is 2.21. The zero-order valence-corrected chi connectivity index (χ0v) is 12.2. The van der Waals surface area contributed by atoms with E-state index in [0.717, 1.165) is 22.2 Å². The molecule has 0 saturated heterocycles. The molecule has 1 atom stereocenters. The molecular weight excluding hydrogens is 296 g/mol. The minimum atomic E-state index is -0.356. The fourth-order valence-corrected chi connectivity index (χ4v) is 2.70. The van der Waals surface area contributed by atoms with Crippen molar-refractivity contribution in [3.05, 3.63) is 27.7 Å². The molecule has 1 aliphatic rings. The molecule has 0 N–H and O–H groups in total. The van der Waals surface area contributed by atoms with E-state index in [1.54, 1.807) is 6.92 Å². The van der Waals surface area contributed by atoms with Crippen LogP contribution in [-0.4, -0.2) is 25.1 Å². The zero-order valence-electron chi connectivity index (χ0n) is 10.7. The molecule has 0 aliphatic carbocycles. The Morgan fingerprint density at radius 3 is 3.06 bits per heavy atom. The number of rotatable bonds is 5. The van der Waals surface area contributed by atoms with Crippen LogP contribution in [0.4, 0.5) is 0 Å². The molecule has 18 heavy (non-hydrogen) atoms. The predicted octanol–water partition coefficient (Wildman–Crippen LogP) is 2.92. The van der Waals surface area contributed by atoms with E-state index < -0.39 is 0 Å². The Morgan fingerprint density at radius 2 is 2.33 bits per heavy atom. The van der Waals surface area contributed by atoms with E-state index in [9.17, 15) is 4.79 Å². The summed E-state index contributed by atoms with van der Waals surface area (Å²) >= 11 is 3.48. The van der Waals surface area contributed by atoms with E-state index in [0.29, 0.717) is 19.6 Å². The minimum absolute atomic E-state index is 0.0904. The van der Waals surface area contributed by atoms with Crippen molar-refractivity contribution in [1.82, 2.24) is 0 Å². The molecule has 98 valence electrons. The molecule has 0 fully saturated rings. The molecule has 4 heteroatoms. The van der Waals surface area contributed by atoms with Gasteiger partial charge in [0.05, 0.1) is 6.61 Å². The maximum absolute atomic E-state index is 12.0. The number of halogens is 1. The maximum Gasteiger partial charge on any atom is 0.165 e. The fraction of sp³-hybridized carbons (Fsp3) is 0.500. The van der Waals surface area contributed by atoms with Crippen molar-refractivity contribution in [2.75, 3.05) is 13.2 Å². The summed E-state index contributed by atoms with van der Waals surface area (Å²) in [6.45, 7) is 4.95. The lowest BCUT2D eigenvalue weighted by atomic mass is 10.0. The second-order valence-corrected chi connectivity index (χ2v) is 5.31. The summed E-state index contributed by atoms with van der Waals surface area (Å²) in [5, 5.41) is 0. The Balaban J connectivity index is 2.17. The van der Waals surface area contributed by atoms with Gasteiger partial charge < -0.3 is 9.47 Å². The van der Waals surface area contributed by atoms with E-state index in [1.165, 1.54) is 5.56 Å². The van der Waals surface area contributed by atoms with Crippen LogP contribution in [0.15, 0.2) is 16.6 Å². The summed E-state index contributed by atoms with van der Waals surface area (Å²) in [7, 11) is 0. The first-order valence-corrected chi connectivity index (χ1v) is 6.99. The van der Waals surface area contributed by atoms with Crippen molar-refractivity contribution < 1.29 is 14.3 Å². The number of hydrogen-bond donors (Lipinski definition) is 0. The first-order chi connectivity index (χ1) is 8.61. The molecular formula is C14H17BrO3. The van der Waals surface area contributed by atoms with Crippen LogP contribution in [0.25, 0.3) is 0 Å². The molecule has 0 saturated carbocycles. The van der Waals surface area contributed by atoms with Gasteiger partial charge in [-0.2, -0.15) is 0 Å². The van der Waals surface area contributed by atoms with Gasteiger partial charge in [0.25, 0.3) is 0 Å². The Bertz CT molecular complexity index is 457. The number of ether oxygens (including phenoxy) is 2. The van der Waals surface area contributed by atoms with Crippen LogP contribution in [-0.2, 0) is 22.4 Å². The smallest absolute Gasteiger partial charge is 0.165 e. The predicted molar refractivity (Wildman–Crippen MR) is 73.1 cm³/mol. The Labute approximate surface area is 116 Å². The van der Waals surface area contributed by atoms with Gasteiger partial charge in [0.1, 0.15) is 11.9 Å². The third-order valence-electron chi connectivity index (χ3n) is 3.06. The van der Waals surface area contributed by atoms with Crippen molar-refractivity contribution >= 4 is 21.7 Å². The van der Waals surface area contributed by atoms with Crippen LogP contribution in [0.2, 0.25) is 0 Å². The third kappa shape index (κ3) is 2.93. The molecule has 2 rings (SSSR count). The number of carbonyl (C=O) groups is 1. The summed E-state index contributed by atoms with van der Waals surface area (Å²) in [5.74, 6) is 0.975. The summed E-state index contributed by atoms with van der Waals surface area (Å²) in [6, 6.07) is 4.02. The van der Waals surface area contributed by atoms with Gasteiger partial charge in [-0.3, -0.25) is 4.79 Å². The first-order valence-electron chi connectivity index (χ1n) is 6.20. The number of benzene rings is 1. The number of hydrogen-bond acceptors (Lipinski definition) is 3. The SMILES string of the molecule is CCOC(C)C(=O)Cc1cc(Br)cc2c1OCC2. The molecule has 1 aromatic rings. The highest BCUT2D eigenvalue weighted by molar-refractivity contribution is 9.10. The van der Waals surface area contributed by atoms with Crippen molar-refractivity contribution in [3.63, 3.8) is 0 Å². The van der Waals surface area contributed by atoms with Crippen LogP contribution >= 0.6 is 15.9 Å². The van der Waals surface area contributed by atoms with Gasteiger partial charge in [-0.15, -0.1) is 0 Å². The van der Waals surface area contributed by atoms with Gasteiger partial charge in [-0.1, -0.05) is 15.9 Å². The Kier molecular flexibility index (Phi) is 4.40. The average molecular weight is 313 g/mol. The Morgan fingerprint density at radius 1 is 1.56 bits per heavy atom. The van der Waals surface area contributed by atoms with Crippen molar-refractivity contribution in [3.8, 4) is 5.75 Å². The first kappa shape index (κ1) is 13.6. The normalized spacial score (nSPS) is 15.1. The standard InChI is InChI=1S/C14H17BrO3/c1-3-17-9(2)13(16)8-11-7-12(15)6-10-4-5-18-14(10)11/h6-7,9H,3-5,8H2,1-2H3. The van der Waals surface area contributed by atoms with Crippen LogP contribution in [0, 0.1) is 0 Å². The molecule has 0 spiro atoms. The van der Waals surface area contributed by atoms with E-state index >= 15 is 0 Å². The van der Waals surface area contributed by atoms with Gasteiger partial charge in [-0.25, -0.2) is 0 Å². The molecule has 0 bridgehead atoms. The van der Waals surface area contributed by atoms with E-state index in [1.807, 2.05) is 13.0 Å². The van der Waals surface area contributed by atoms with Gasteiger partial charge in [0.15, 0.2) is 5.78 Å². The molecule has 1 aliphatic heterocycles. The number of carbonyl (C=O) groups excluding carboxylic acids is 1. The lowest BCUT2D eigenvalue weighted by Crippen LogP contribution is -2.22. The monoisotopic (exact) mass is 312 g/mol. The molecule has 1 heterocycles. The Hall–Kier alpha value is -0.870. The van der Waals surface area contributed by atoms with Crippen LogP contribution in [0.3, 0.4) is 0 Å². The molecule has 3 nitrogen and oxygen atoms in total. The van der Waals surface area contributed by atoms with Crippen LogP contribution in [0.5, 0.6) is 5.75 Å². The highest BCUT2D eigenvalue weighted by atomic mass is 79.9. The quantitative estimate of drug-likeness (QED) is 0.838. The van der Waals surface area contributed by atoms with E-state index in [-0.39, 0.29) is 11.9 Å². The second-order valence-electron chi connectivity index (χ2n) is 4.39. The molecule has 0 aromatic heterocycles. The van der Waals surface area contributed by atoms with E-state index in [4.69, 9.17) is 9.47 Å². The van der Waals surface area contributed by atoms with Gasteiger partial charge in [0.2, 0.25) is 0 Å². The van der Waals surface area contributed by atoms with Crippen molar-refractivity contribution in [2.24, 2.45) is 0 Å². The molecule has 0 radical (unpaired) electrons. The van der Waals surface area contributed by atoms with Gasteiger partial charge >= 0.3 is 0 Å². The summed E-state index contributed by atoms with van der Waals surface area (Å²) in [5.41, 5.74) is 2.13. The number of fused-ring (bicyclic) bond motifs is 1. The van der Waals surface area contributed by atoms with Crippen LogP contribution in [0.1, 0.15) is 25.0 Å². The van der Waals surface area contributed by atoms with Crippen molar-refractivity contribution in [1.29, 1.82) is 0 Å². The summed E-state index contributed by atoms with van der Waals surface area (Å²) in [6.07, 6.45) is 0.922. The maximum atomic E-state index is 12.0. The highest BCUT2D eigenvalue weighted by Crippen LogP contribution is 2.33.